The summed E-state index contributed by atoms with van der Waals surface area (Å²) in [5, 5.41) is 22.0. The molecule has 0 bridgehead atoms. The number of benzene rings is 1. The summed E-state index contributed by atoms with van der Waals surface area (Å²) in [4.78, 5) is 11.3. The summed E-state index contributed by atoms with van der Waals surface area (Å²) >= 11 is 0. The number of nitrogens with one attached hydrogen (secondary N) is 1. The molecule has 0 spiro atoms. The highest BCUT2D eigenvalue weighted by molar-refractivity contribution is 5.73. The highest BCUT2D eigenvalue weighted by atomic mass is 16.4. The molecule has 2 atom stereocenters. The van der Waals surface area contributed by atoms with Gasteiger partial charge in [0.1, 0.15) is 11.8 Å². The van der Waals surface area contributed by atoms with Gasteiger partial charge in [0.05, 0.1) is 0 Å². The molecule has 2 unspecified atom stereocenters. The minimum absolute atomic E-state index is 0.0417. The third-order valence-electron chi connectivity index (χ3n) is 3.75. The van der Waals surface area contributed by atoms with Gasteiger partial charge in [0.2, 0.25) is 0 Å². The zero-order valence-electron chi connectivity index (χ0n) is 11.4. The molecule has 0 aromatic heterocycles. The van der Waals surface area contributed by atoms with Crippen LogP contribution < -0.4 is 5.32 Å². The van der Waals surface area contributed by atoms with Crippen molar-refractivity contribution in [3.05, 3.63) is 29.3 Å². The van der Waals surface area contributed by atoms with Crippen LogP contribution in [0.25, 0.3) is 0 Å². The van der Waals surface area contributed by atoms with Gasteiger partial charge in [-0.1, -0.05) is 19.9 Å². The summed E-state index contributed by atoms with van der Waals surface area (Å²) in [7, 11) is 0. The van der Waals surface area contributed by atoms with Crippen molar-refractivity contribution in [2.75, 3.05) is 0 Å². The molecule has 1 aliphatic rings. The van der Waals surface area contributed by atoms with Gasteiger partial charge in [-0.2, -0.15) is 0 Å². The summed E-state index contributed by atoms with van der Waals surface area (Å²) in [6.45, 7) is 3.82. The van der Waals surface area contributed by atoms with Crippen molar-refractivity contribution in [1.29, 1.82) is 0 Å². The Labute approximate surface area is 113 Å². The van der Waals surface area contributed by atoms with E-state index in [0.29, 0.717) is 0 Å². The SMILES string of the molecule is CC(C)C(NC1CCCc2cc(O)ccc21)C(=O)O. The van der Waals surface area contributed by atoms with E-state index in [9.17, 15) is 15.0 Å². The second-order valence-corrected chi connectivity index (χ2v) is 5.55. The van der Waals surface area contributed by atoms with Crippen molar-refractivity contribution in [3.8, 4) is 5.75 Å². The maximum atomic E-state index is 11.3. The van der Waals surface area contributed by atoms with Crippen LogP contribution in [0, 0.1) is 5.92 Å². The number of phenols is 1. The maximum Gasteiger partial charge on any atom is 0.320 e. The topological polar surface area (TPSA) is 69.6 Å². The summed E-state index contributed by atoms with van der Waals surface area (Å²) < 4.78 is 0. The third kappa shape index (κ3) is 3.07. The van der Waals surface area contributed by atoms with E-state index < -0.39 is 12.0 Å². The average Bonchev–Trinajstić information content (AvgIpc) is 2.34. The molecule has 0 heterocycles. The fraction of sp³-hybridized carbons (Fsp3) is 0.533. The van der Waals surface area contributed by atoms with Crippen LogP contribution in [0.3, 0.4) is 0 Å². The average molecular weight is 263 g/mol. The van der Waals surface area contributed by atoms with Crippen LogP contribution in [0.5, 0.6) is 5.75 Å². The van der Waals surface area contributed by atoms with E-state index in [1.807, 2.05) is 19.9 Å². The second-order valence-electron chi connectivity index (χ2n) is 5.55. The first-order valence-electron chi connectivity index (χ1n) is 6.79. The molecule has 1 aliphatic carbocycles. The van der Waals surface area contributed by atoms with Crippen molar-refractivity contribution < 1.29 is 15.0 Å². The molecule has 2 rings (SSSR count). The lowest BCUT2D eigenvalue weighted by molar-refractivity contribution is -0.141. The van der Waals surface area contributed by atoms with Crippen LogP contribution in [0.2, 0.25) is 0 Å². The van der Waals surface area contributed by atoms with Crippen LogP contribution in [-0.4, -0.2) is 22.2 Å². The lowest BCUT2D eigenvalue weighted by Gasteiger charge is -2.30. The minimum atomic E-state index is -0.805. The standard InChI is InChI=1S/C15H21NO3/c1-9(2)14(15(18)19)16-13-5-3-4-10-8-11(17)6-7-12(10)13/h6-9,13-14,16-17H,3-5H2,1-2H3,(H,18,19). The van der Waals surface area contributed by atoms with Gasteiger partial charge in [0.25, 0.3) is 0 Å². The fourth-order valence-corrected chi connectivity index (χ4v) is 2.74. The zero-order valence-corrected chi connectivity index (χ0v) is 11.4. The molecule has 0 aliphatic heterocycles. The molecule has 4 nitrogen and oxygen atoms in total. The zero-order chi connectivity index (χ0) is 14.0. The molecule has 19 heavy (non-hydrogen) atoms. The van der Waals surface area contributed by atoms with Crippen LogP contribution in [0.1, 0.15) is 43.9 Å². The summed E-state index contributed by atoms with van der Waals surface area (Å²) in [5.41, 5.74) is 2.24. The molecule has 0 saturated heterocycles. The van der Waals surface area contributed by atoms with Crippen LogP contribution in [0.4, 0.5) is 0 Å². The number of aliphatic carboxylic acids is 1. The highest BCUT2D eigenvalue weighted by Gasteiger charge is 2.28. The van der Waals surface area contributed by atoms with Crippen molar-refractivity contribution >= 4 is 5.97 Å². The smallest absolute Gasteiger partial charge is 0.320 e. The lowest BCUT2D eigenvalue weighted by Crippen LogP contribution is -2.43. The largest absolute Gasteiger partial charge is 0.508 e. The molecule has 0 amide bonds. The molecule has 4 heteroatoms. The number of fused-ring (bicyclic) bond motifs is 1. The summed E-state index contributed by atoms with van der Waals surface area (Å²) in [5.74, 6) is -0.487. The first-order chi connectivity index (χ1) is 8.99. The molecule has 0 saturated carbocycles. The number of hydrogen-bond donors (Lipinski definition) is 3. The summed E-state index contributed by atoms with van der Waals surface area (Å²) in [6.07, 6.45) is 2.90. The minimum Gasteiger partial charge on any atom is -0.508 e. The molecular weight excluding hydrogens is 242 g/mol. The predicted octanol–water partition coefficient (Wildman–Crippen LogP) is 2.47. The molecule has 0 fully saturated rings. The Morgan fingerprint density at radius 3 is 2.79 bits per heavy atom. The van der Waals surface area contributed by atoms with Gasteiger partial charge in [-0.3, -0.25) is 10.1 Å². The van der Waals surface area contributed by atoms with Gasteiger partial charge in [-0.15, -0.1) is 0 Å². The Hall–Kier alpha value is -1.55. The van der Waals surface area contributed by atoms with Gasteiger partial charge in [0.15, 0.2) is 0 Å². The number of aromatic hydroxyl groups is 1. The van der Waals surface area contributed by atoms with Crippen molar-refractivity contribution in [1.82, 2.24) is 5.32 Å². The van der Waals surface area contributed by atoms with Gasteiger partial charge in [-0.05, 0) is 48.4 Å². The quantitative estimate of drug-likeness (QED) is 0.780. The van der Waals surface area contributed by atoms with E-state index in [0.717, 1.165) is 30.4 Å². The number of carboxylic acid groups (broad SMARTS) is 1. The second kappa shape index (κ2) is 5.61. The molecular formula is C15H21NO3. The number of phenolic OH excluding ortho intramolecular Hbond substituents is 1. The van der Waals surface area contributed by atoms with Crippen molar-refractivity contribution in [2.45, 2.75) is 45.2 Å². The molecule has 0 radical (unpaired) electrons. The van der Waals surface area contributed by atoms with E-state index >= 15 is 0 Å². The number of aryl methyl sites for hydroxylation is 1. The van der Waals surface area contributed by atoms with E-state index in [4.69, 9.17) is 0 Å². The molecule has 3 N–H and O–H groups in total. The van der Waals surface area contributed by atoms with Crippen molar-refractivity contribution in [3.63, 3.8) is 0 Å². The molecule has 1 aromatic carbocycles. The maximum absolute atomic E-state index is 11.3. The van der Waals surface area contributed by atoms with Crippen LogP contribution in [0.15, 0.2) is 18.2 Å². The monoisotopic (exact) mass is 263 g/mol. The number of carboxylic acids is 1. The Kier molecular flexibility index (Phi) is 4.10. The summed E-state index contributed by atoms with van der Waals surface area (Å²) in [6, 6.07) is 4.89. The van der Waals surface area contributed by atoms with Gasteiger partial charge in [-0.25, -0.2) is 0 Å². The first-order valence-corrected chi connectivity index (χ1v) is 6.79. The fourth-order valence-electron chi connectivity index (χ4n) is 2.74. The Bertz CT molecular complexity index is 470. The number of rotatable bonds is 4. The number of hydrogen-bond acceptors (Lipinski definition) is 3. The normalized spacial score (nSPS) is 20.1. The Morgan fingerprint density at radius 2 is 2.16 bits per heavy atom. The van der Waals surface area contributed by atoms with Gasteiger partial charge < -0.3 is 10.2 Å². The van der Waals surface area contributed by atoms with E-state index in [1.54, 1.807) is 12.1 Å². The third-order valence-corrected chi connectivity index (χ3v) is 3.75. The van der Waals surface area contributed by atoms with Crippen molar-refractivity contribution in [2.24, 2.45) is 5.92 Å². The van der Waals surface area contributed by atoms with Gasteiger partial charge >= 0.3 is 5.97 Å². The predicted molar refractivity (Wildman–Crippen MR) is 73.2 cm³/mol. The number of carbonyl (C=O) groups is 1. The van der Waals surface area contributed by atoms with E-state index in [-0.39, 0.29) is 17.7 Å². The van der Waals surface area contributed by atoms with E-state index in [2.05, 4.69) is 5.32 Å². The van der Waals surface area contributed by atoms with Gasteiger partial charge in [0, 0.05) is 6.04 Å². The van der Waals surface area contributed by atoms with E-state index in [1.165, 1.54) is 0 Å². The molecule has 1 aromatic rings. The van der Waals surface area contributed by atoms with Crippen LogP contribution >= 0.6 is 0 Å². The molecule has 104 valence electrons. The highest BCUT2D eigenvalue weighted by Crippen LogP contribution is 2.32. The Morgan fingerprint density at radius 1 is 1.42 bits per heavy atom. The Balaban J connectivity index is 2.21. The van der Waals surface area contributed by atoms with Crippen LogP contribution in [-0.2, 0) is 11.2 Å². The lowest BCUT2D eigenvalue weighted by atomic mass is 9.86. The first kappa shape index (κ1) is 13.9.